The van der Waals surface area contributed by atoms with E-state index in [1.54, 1.807) is 0 Å². The maximum absolute atomic E-state index is 12.2. The van der Waals surface area contributed by atoms with Crippen molar-refractivity contribution in [2.45, 2.75) is 232 Å². The van der Waals surface area contributed by atoms with E-state index in [0.29, 0.717) is 12.8 Å². The van der Waals surface area contributed by atoms with Gasteiger partial charge in [0, 0.05) is 12.8 Å². The van der Waals surface area contributed by atoms with Gasteiger partial charge in [0.2, 0.25) is 0 Å². The molecule has 0 heterocycles. The first-order chi connectivity index (χ1) is 22.5. The number of rotatable bonds is 37. The molecule has 274 valence electrons. The van der Waals surface area contributed by atoms with E-state index in [9.17, 15) is 14.7 Å². The molecule has 0 unspecified atom stereocenters. The Balaban J connectivity index is 3.48. The van der Waals surface area contributed by atoms with Crippen LogP contribution in [0, 0.1) is 5.92 Å². The van der Waals surface area contributed by atoms with Crippen molar-refractivity contribution < 1.29 is 24.2 Å². The van der Waals surface area contributed by atoms with E-state index in [1.807, 2.05) is 0 Å². The Bertz CT molecular complexity index is 634. The summed E-state index contributed by atoms with van der Waals surface area (Å²) in [5.74, 6) is 0.283. The third kappa shape index (κ3) is 35.7. The summed E-state index contributed by atoms with van der Waals surface area (Å²) < 4.78 is 10.6. The van der Waals surface area contributed by atoms with Gasteiger partial charge >= 0.3 is 11.9 Å². The molecule has 0 saturated carbocycles. The molecule has 0 aromatic heterocycles. The van der Waals surface area contributed by atoms with E-state index in [-0.39, 0.29) is 25.2 Å². The highest BCUT2D eigenvalue weighted by Gasteiger charge is 2.16. The fourth-order valence-electron chi connectivity index (χ4n) is 6.21. The van der Waals surface area contributed by atoms with Crippen molar-refractivity contribution in [1.82, 2.24) is 0 Å². The molecule has 46 heavy (non-hydrogen) atoms. The van der Waals surface area contributed by atoms with Crippen molar-refractivity contribution in [3.05, 3.63) is 0 Å². The Morgan fingerprint density at radius 1 is 0.478 bits per heavy atom. The third-order valence-corrected chi connectivity index (χ3v) is 9.33. The molecule has 0 rings (SSSR count). The number of unbranched alkanes of at least 4 members (excludes halogenated alkanes) is 27. The van der Waals surface area contributed by atoms with Crippen LogP contribution in [0.3, 0.4) is 0 Å². The number of ether oxygens (including phenoxy) is 2. The number of hydrogen-bond donors (Lipinski definition) is 1. The molecule has 0 amide bonds. The summed E-state index contributed by atoms with van der Waals surface area (Å²) in [6, 6.07) is 0. The van der Waals surface area contributed by atoms with Crippen LogP contribution in [-0.4, -0.2) is 36.4 Å². The van der Waals surface area contributed by atoms with Gasteiger partial charge in [-0.15, -0.1) is 0 Å². The van der Waals surface area contributed by atoms with E-state index < -0.39 is 6.10 Å². The van der Waals surface area contributed by atoms with Gasteiger partial charge in [0.15, 0.2) is 6.10 Å². The fourth-order valence-corrected chi connectivity index (χ4v) is 6.21. The van der Waals surface area contributed by atoms with E-state index in [4.69, 9.17) is 9.47 Å². The van der Waals surface area contributed by atoms with Gasteiger partial charge in [-0.1, -0.05) is 201 Å². The lowest BCUT2D eigenvalue weighted by atomic mass is 10.0. The molecule has 0 aliphatic rings. The first-order valence-corrected chi connectivity index (χ1v) is 20.5. The summed E-state index contributed by atoms with van der Waals surface area (Å²) in [6.07, 6.45) is 38.8. The number of aliphatic hydroxyl groups excluding tert-OH is 1. The SMILES string of the molecule is CCCCCCCCCCCCCCCC(=O)OC[C@H](CO)OC(=O)CCCCCCCCCCCCCCCCCCC(C)C. The first kappa shape index (κ1) is 44.9. The zero-order valence-electron chi connectivity index (χ0n) is 31.3. The molecule has 0 aromatic carbocycles. The van der Waals surface area contributed by atoms with Crippen LogP contribution in [0.25, 0.3) is 0 Å². The summed E-state index contributed by atoms with van der Waals surface area (Å²) >= 11 is 0. The smallest absolute Gasteiger partial charge is 0.306 e. The largest absolute Gasteiger partial charge is 0.462 e. The quantitative estimate of drug-likeness (QED) is 0.0534. The predicted molar refractivity (Wildman–Crippen MR) is 196 cm³/mol. The Labute approximate surface area is 287 Å². The highest BCUT2D eigenvalue weighted by atomic mass is 16.6. The number of carbonyl (C=O) groups excluding carboxylic acids is 2. The third-order valence-electron chi connectivity index (χ3n) is 9.33. The van der Waals surface area contributed by atoms with Gasteiger partial charge in [-0.05, 0) is 18.8 Å². The number of esters is 2. The zero-order valence-corrected chi connectivity index (χ0v) is 31.3. The normalized spacial score (nSPS) is 12.1. The molecule has 5 nitrogen and oxygen atoms in total. The van der Waals surface area contributed by atoms with Crippen molar-refractivity contribution in [2.75, 3.05) is 13.2 Å². The van der Waals surface area contributed by atoms with Crippen LogP contribution in [0.5, 0.6) is 0 Å². The molecule has 5 heteroatoms. The Hall–Kier alpha value is -1.10. The first-order valence-electron chi connectivity index (χ1n) is 20.5. The van der Waals surface area contributed by atoms with Gasteiger partial charge in [-0.3, -0.25) is 9.59 Å². The second-order valence-electron chi connectivity index (χ2n) is 14.6. The van der Waals surface area contributed by atoms with Crippen LogP contribution in [0.1, 0.15) is 226 Å². The number of carbonyl (C=O) groups is 2. The van der Waals surface area contributed by atoms with E-state index in [1.165, 1.54) is 161 Å². The molecule has 0 aromatic rings. The highest BCUT2D eigenvalue weighted by Crippen LogP contribution is 2.16. The average molecular weight is 653 g/mol. The molecular weight excluding hydrogens is 572 g/mol. The lowest BCUT2D eigenvalue weighted by Gasteiger charge is -2.15. The van der Waals surface area contributed by atoms with Gasteiger partial charge < -0.3 is 14.6 Å². The van der Waals surface area contributed by atoms with Crippen LogP contribution < -0.4 is 0 Å². The van der Waals surface area contributed by atoms with E-state index in [0.717, 1.165) is 38.0 Å². The van der Waals surface area contributed by atoms with Crippen LogP contribution in [0.2, 0.25) is 0 Å². The topological polar surface area (TPSA) is 72.8 Å². The highest BCUT2D eigenvalue weighted by molar-refractivity contribution is 5.70. The number of hydrogen-bond acceptors (Lipinski definition) is 5. The maximum Gasteiger partial charge on any atom is 0.306 e. The zero-order chi connectivity index (χ0) is 33.8. The average Bonchev–Trinajstić information content (AvgIpc) is 3.04. The summed E-state index contributed by atoms with van der Waals surface area (Å²) in [5, 5.41) is 9.55. The van der Waals surface area contributed by atoms with Crippen molar-refractivity contribution >= 4 is 11.9 Å². The summed E-state index contributed by atoms with van der Waals surface area (Å²) in [5.41, 5.74) is 0. The molecule has 0 saturated heterocycles. The fraction of sp³-hybridized carbons (Fsp3) is 0.951. The van der Waals surface area contributed by atoms with Gasteiger partial charge in [-0.2, -0.15) is 0 Å². The van der Waals surface area contributed by atoms with Gasteiger partial charge in [0.25, 0.3) is 0 Å². The monoisotopic (exact) mass is 653 g/mol. The predicted octanol–water partition coefficient (Wildman–Crippen LogP) is 12.6. The summed E-state index contributed by atoms with van der Waals surface area (Å²) in [6.45, 7) is 6.52. The lowest BCUT2D eigenvalue weighted by Crippen LogP contribution is -2.28. The molecule has 1 N–H and O–H groups in total. The minimum Gasteiger partial charge on any atom is -0.462 e. The van der Waals surface area contributed by atoms with Crippen LogP contribution in [0.4, 0.5) is 0 Å². The van der Waals surface area contributed by atoms with Crippen molar-refractivity contribution in [3.63, 3.8) is 0 Å². The molecule has 0 fully saturated rings. The molecule has 0 radical (unpaired) electrons. The second-order valence-corrected chi connectivity index (χ2v) is 14.6. The van der Waals surface area contributed by atoms with Crippen LogP contribution >= 0.6 is 0 Å². The molecule has 0 bridgehead atoms. The van der Waals surface area contributed by atoms with Gasteiger partial charge in [-0.25, -0.2) is 0 Å². The summed E-state index contributed by atoms with van der Waals surface area (Å²) in [4.78, 5) is 24.2. The molecular formula is C41H80O5. The Morgan fingerprint density at radius 3 is 1.15 bits per heavy atom. The van der Waals surface area contributed by atoms with E-state index in [2.05, 4.69) is 20.8 Å². The van der Waals surface area contributed by atoms with Gasteiger partial charge in [0.1, 0.15) is 6.61 Å². The number of aliphatic hydroxyl groups is 1. The van der Waals surface area contributed by atoms with Crippen molar-refractivity contribution in [1.29, 1.82) is 0 Å². The van der Waals surface area contributed by atoms with E-state index >= 15 is 0 Å². The molecule has 0 aliphatic heterocycles. The molecule has 0 spiro atoms. The minimum atomic E-state index is -0.761. The Kier molecular flexibility index (Phi) is 35.9. The molecule has 1 atom stereocenters. The van der Waals surface area contributed by atoms with Gasteiger partial charge in [0.05, 0.1) is 6.61 Å². The molecule has 0 aliphatic carbocycles. The maximum atomic E-state index is 12.2. The van der Waals surface area contributed by atoms with Crippen molar-refractivity contribution in [3.8, 4) is 0 Å². The second kappa shape index (κ2) is 36.7. The lowest BCUT2D eigenvalue weighted by molar-refractivity contribution is -0.161. The van der Waals surface area contributed by atoms with Crippen LogP contribution in [-0.2, 0) is 19.1 Å². The summed E-state index contributed by atoms with van der Waals surface area (Å²) in [7, 11) is 0. The standard InChI is InChI=1S/C41H80O5/c1-4-5-6-7-8-9-10-15-19-22-25-28-31-34-40(43)45-37-39(36-42)46-41(44)35-32-29-26-23-20-17-14-12-11-13-16-18-21-24-27-30-33-38(2)3/h38-39,42H,4-37H2,1-3H3/t39-/m0/s1. The Morgan fingerprint density at radius 2 is 0.804 bits per heavy atom. The minimum absolute atomic E-state index is 0.0575. The van der Waals surface area contributed by atoms with Crippen LogP contribution in [0.15, 0.2) is 0 Å². The van der Waals surface area contributed by atoms with Crippen molar-refractivity contribution in [2.24, 2.45) is 5.92 Å².